The molecule has 0 unspecified atom stereocenters. The summed E-state index contributed by atoms with van der Waals surface area (Å²) in [7, 11) is 3.13. The molecule has 116 valence electrons. The highest BCUT2D eigenvalue weighted by atomic mass is 16.5. The summed E-state index contributed by atoms with van der Waals surface area (Å²) in [5.41, 5.74) is 0.908. The van der Waals surface area contributed by atoms with E-state index >= 15 is 0 Å². The van der Waals surface area contributed by atoms with Crippen molar-refractivity contribution in [2.75, 3.05) is 27.3 Å². The fraction of sp³-hybridized carbons (Fsp3) is 0.467. The largest absolute Gasteiger partial charge is 0.497 e. The van der Waals surface area contributed by atoms with Crippen LogP contribution in [-0.2, 0) is 16.0 Å². The second-order valence-electron chi connectivity index (χ2n) is 4.52. The number of aliphatic carboxylic acids is 1. The average Bonchev–Trinajstić information content (AvgIpc) is 2.49. The van der Waals surface area contributed by atoms with Gasteiger partial charge in [-0.25, -0.2) is 0 Å². The number of benzene rings is 1. The summed E-state index contributed by atoms with van der Waals surface area (Å²) in [6.07, 6.45) is 0.750. The van der Waals surface area contributed by atoms with Crippen molar-refractivity contribution in [3.8, 4) is 11.5 Å². The molecule has 6 nitrogen and oxygen atoms in total. The number of carboxylic acid groups (broad SMARTS) is 1. The number of aryl methyl sites for hydroxylation is 1. The predicted octanol–water partition coefficient (Wildman–Crippen LogP) is 1.57. The molecular formula is C15H21NO5. The fourth-order valence-electron chi connectivity index (χ4n) is 1.96. The van der Waals surface area contributed by atoms with Gasteiger partial charge in [0.15, 0.2) is 0 Å². The summed E-state index contributed by atoms with van der Waals surface area (Å²) in [6, 6.07) is 5.43. The number of nitrogens with zero attached hydrogens (tertiary/aromatic N) is 1. The Morgan fingerprint density at radius 2 is 1.71 bits per heavy atom. The van der Waals surface area contributed by atoms with Gasteiger partial charge in [0, 0.05) is 19.0 Å². The Morgan fingerprint density at radius 3 is 2.14 bits per heavy atom. The molecule has 21 heavy (non-hydrogen) atoms. The van der Waals surface area contributed by atoms with Crippen molar-refractivity contribution in [3.05, 3.63) is 23.8 Å². The summed E-state index contributed by atoms with van der Waals surface area (Å²) in [5.74, 6) is 0.138. The van der Waals surface area contributed by atoms with Crippen LogP contribution in [0.5, 0.6) is 11.5 Å². The second kappa shape index (κ2) is 8.14. The van der Waals surface area contributed by atoms with Crippen molar-refractivity contribution >= 4 is 11.9 Å². The van der Waals surface area contributed by atoms with E-state index in [4.69, 9.17) is 14.6 Å². The normalized spacial score (nSPS) is 10.0. The third-order valence-corrected chi connectivity index (χ3v) is 3.10. The lowest BCUT2D eigenvalue weighted by Gasteiger charge is -2.18. The molecule has 1 aromatic carbocycles. The molecule has 1 rings (SSSR count). The minimum absolute atomic E-state index is 0.179. The van der Waals surface area contributed by atoms with Gasteiger partial charge >= 0.3 is 5.97 Å². The summed E-state index contributed by atoms with van der Waals surface area (Å²) in [6.45, 7) is 1.87. The van der Waals surface area contributed by atoms with Crippen LogP contribution in [0.15, 0.2) is 18.2 Å². The predicted molar refractivity (Wildman–Crippen MR) is 77.8 cm³/mol. The van der Waals surface area contributed by atoms with E-state index in [9.17, 15) is 9.59 Å². The number of carbonyl (C=O) groups excluding carboxylic acids is 1. The van der Waals surface area contributed by atoms with Crippen LogP contribution in [0.1, 0.15) is 18.9 Å². The number of likely N-dealkylation sites (N-methyl/N-ethyl adjacent to an activating group) is 1. The second-order valence-corrected chi connectivity index (χ2v) is 4.52. The number of rotatable bonds is 8. The number of ether oxygens (including phenoxy) is 2. The lowest BCUT2D eigenvalue weighted by molar-refractivity contribution is -0.144. The van der Waals surface area contributed by atoms with Gasteiger partial charge in [-0.05, 0) is 31.0 Å². The topological polar surface area (TPSA) is 76.1 Å². The van der Waals surface area contributed by atoms with E-state index < -0.39 is 5.97 Å². The fourth-order valence-corrected chi connectivity index (χ4v) is 1.96. The minimum Gasteiger partial charge on any atom is -0.497 e. The third kappa shape index (κ3) is 5.33. The highest BCUT2D eigenvalue weighted by molar-refractivity contribution is 5.81. The van der Waals surface area contributed by atoms with E-state index in [1.54, 1.807) is 27.2 Å². The summed E-state index contributed by atoms with van der Waals surface area (Å²) < 4.78 is 10.3. The number of hydrogen-bond acceptors (Lipinski definition) is 4. The van der Waals surface area contributed by atoms with Gasteiger partial charge in [-0.15, -0.1) is 0 Å². The zero-order chi connectivity index (χ0) is 15.8. The van der Waals surface area contributed by atoms with Crippen LogP contribution in [0, 0.1) is 0 Å². The van der Waals surface area contributed by atoms with E-state index in [2.05, 4.69) is 0 Å². The lowest BCUT2D eigenvalue weighted by Crippen LogP contribution is -2.35. The smallest absolute Gasteiger partial charge is 0.323 e. The maximum Gasteiger partial charge on any atom is 0.323 e. The first-order chi connectivity index (χ1) is 9.99. The molecule has 1 N–H and O–H groups in total. The van der Waals surface area contributed by atoms with Crippen LogP contribution >= 0.6 is 0 Å². The Hall–Kier alpha value is -2.24. The maximum atomic E-state index is 12.0. The summed E-state index contributed by atoms with van der Waals surface area (Å²) >= 11 is 0. The molecule has 0 aliphatic rings. The molecule has 0 saturated heterocycles. The van der Waals surface area contributed by atoms with Crippen molar-refractivity contribution < 1.29 is 24.2 Å². The zero-order valence-electron chi connectivity index (χ0n) is 12.6. The summed E-state index contributed by atoms with van der Waals surface area (Å²) in [5, 5.41) is 8.76. The van der Waals surface area contributed by atoms with Gasteiger partial charge < -0.3 is 19.5 Å². The van der Waals surface area contributed by atoms with Gasteiger partial charge in [-0.2, -0.15) is 0 Å². The lowest BCUT2D eigenvalue weighted by atomic mass is 10.1. The molecule has 0 aliphatic carbocycles. The highest BCUT2D eigenvalue weighted by Gasteiger charge is 2.15. The molecular weight excluding hydrogens is 274 g/mol. The van der Waals surface area contributed by atoms with E-state index in [1.165, 1.54) is 4.90 Å². The number of methoxy groups -OCH3 is 2. The molecule has 0 bridgehead atoms. The van der Waals surface area contributed by atoms with E-state index in [-0.39, 0.29) is 18.9 Å². The molecule has 6 heteroatoms. The number of carboxylic acids is 1. The van der Waals surface area contributed by atoms with E-state index in [0.29, 0.717) is 24.5 Å². The standard InChI is InChI=1S/C15H21NO5/c1-4-16(10-15(18)19)14(17)6-5-11-7-12(20-2)9-13(8-11)21-3/h7-9H,4-6,10H2,1-3H3,(H,18,19). The van der Waals surface area contributed by atoms with Gasteiger partial charge in [0.25, 0.3) is 0 Å². The molecule has 0 atom stereocenters. The van der Waals surface area contributed by atoms with E-state index in [1.807, 2.05) is 12.1 Å². The zero-order valence-corrected chi connectivity index (χ0v) is 12.6. The maximum absolute atomic E-state index is 12.0. The van der Waals surface area contributed by atoms with Crippen LogP contribution in [0.25, 0.3) is 0 Å². The summed E-state index contributed by atoms with van der Waals surface area (Å²) in [4.78, 5) is 24.0. The quantitative estimate of drug-likeness (QED) is 0.788. The Labute approximate surface area is 124 Å². The van der Waals surface area contributed by atoms with Crippen molar-refractivity contribution in [2.45, 2.75) is 19.8 Å². The Morgan fingerprint density at radius 1 is 1.14 bits per heavy atom. The first-order valence-corrected chi connectivity index (χ1v) is 6.71. The van der Waals surface area contributed by atoms with Crippen LogP contribution in [-0.4, -0.2) is 49.2 Å². The van der Waals surface area contributed by atoms with Crippen LogP contribution in [0.4, 0.5) is 0 Å². The van der Waals surface area contributed by atoms with Crippen molar-refractivity contribution in [1.29, 1.82) is 0 Å². The van der Waals surface area contributed by atoms with Crippen LogP contribution in [0.2, 0.25) is 0 Å². The highest BCUT2D eigenvalue weighted by Crippen LogP contribution is 2.23. The molecule has 0 radical (unpaired) electrons. The molecule has 0 aromatic heterocycles. The van der Waals surface area contributed by atoms with E-state index in [0.717, 1.165) is 5.56 Å². The minimum atomic E-state index is -1.01. The first kappa shape index (κ1) is 16.8. The van der Waals surface area contributed by atoms with Gasteiger partial charge in [-0.3, -0.25) is 9.59 Å². The van der Waals surface area contributed by atoms with Gasteiger partial charge in [-0.1, -0.05) is 0 Å². The molecule has 0 saturated carbocycles. The Kier molecular flexibility index (Phi) is 6.52. The van der Waals surface area contributed by atoms with Gasteiger partial charge in [0.1, 0.15) is 18.0 Å². The molecule has 0 spiro atoms. The SMILES string of the molecule is CCN(CC(=O)O)C(=O)CCc1cc(OC)cc(OC)c1. The van der Waals surface area contributed by atoms with Crippen molar-refractivity contribution in [2.24, 2.45) is 0 Å². The Balaban J connectivity index is 2.69. The number of hydrogen-bond donors (Lipinski definition) is 1. The van der Waals surface area contributed by atoms with Crippen molar-refractivity contribution in [3.63, 3.8) is 0 Å². The monoisotopic (exact) mass is 295 g/mol. The average molecular weight is 295 g/mol. The van der Waals surface area contributed by atoms with Crippen LogP contribution < -0.4 is 9.47 Å². The first-order valence-electron chi connectivity index (χ1n) is 6.71. The number of carbonyl (C=O) groups is 2. The van der Waals surface area contributed by atoms with Gasteiger partial charge in [0.05, 0.1) is 14.2 Å². The third-order valence-electron chi connectivity index (χ3n) is 3.10. The van der Waals surface area contributed by atoms with Gasteiger partial charge in [0.2, 0.25) is 5.91 Å². The molecule has 0 aliphatic heterocycles. The molecule has 0 heterocycles. The molecule has 1 amide bonds. The number of amides is 1. The van der Waals surface area contributed by atoms with Crippen molar-refractivity contribution in [1.82, 2.24) is 4.90 Å². The molecule has 1 aromatic rings. The molecule has 0 fully saturated rings. The Bertz CT molecular complexity index is 479. The van der Waals surface area contributed by atoms with Crippen LogP contribution in [0.3, 0.4) is 0 Å².